The van der Waals surface area contributed by atoms with E-state index < -0.39 is 0 Å². The Hall–Kier alpha value is -1.61. The lowest BCUT2D eigenvalue weighted by atomic mass is 10.2. The summed E-state index contributed by atoms with van der Waals surface area (Å²) in [5, 5.41) is 0. The van der Waals surface area contributed by atoms with Crippen LogP contribution < -0.4 is 11.5 Å². The number of hydrogen-bond acceptors (Lipinski definition) is 3. The van der Waals surface area contributed by atoms with Crippen molar-refractivity contribution < 1.29 is 0 Å². The van der Waals surface area contributed by atoms with Crippen LogP contribution >= 0.6 is 11.8 Å². The van der Waals surface area contributed by atoms with Crippen molar-refractivity contribution in [2.45, 2.75) is 23.6 Å². The fourth-order valence-electron chi connectivity index (χ4n) is 1.50. The predicted molar refractivity (Wildman–Crippen MR) is 75.3 cm³/mol. The first-order chi connectivity index (χ1) is 8.06. The lowest BCUT2D eigenvalue weighted by molar-refractivity contribution is 1.35. The van der Waals surface area contributed by atoms with E-state index in [1.807, 2.05) is 38.1 Å². The van der Waals surface area contributed by atoms with Gasteiger partial charge in [-0.1, -0.05) is 23.9 Å². The van der Waals surface area contributed by atoms with Crippen molar-refractivity contribution in [1.29, 1.82) is 0 Å². The van der Waals surface area contributed by atoms with Crippen molar-refractivity contribution in [1.82, 2.24) is 0 Å². The van der Waals surface area contributed by atoms with Gasteiger partial charge in [0.15, 0.2) is 0 Å². The third-order valence-electron chi connectivity index (χ3n) is 2.74. The normalized spacial score (nSPS) is 10.5. The summed E-state index contributed by atoms with van der Waals surface area (Å²) >= 11 is 1.67. The Labute approximate surface area is 106 Å². The molecular weight excluding hydrogens is 228 g/mol. The summed E-state index contributed by atoms with van der Waals surface area (Å²) in [6.45, 7) is 4.02. The summed E-state index contributed by atoms with van der Waals surface area (Å²) in [7, 11) is 0. The molecule has 88 valence electrons. The molecule has 0 atom stereocenters. The Kier molecular flexibility index (Phi) is 3.29. The zero-order valence-electron chi connectivity index (χ0n) is 10.0. The lowest BCUT2D eigenvalue weighted by Crippen LogP contribution is -1.90. The lowest BCUT2D eigenvalue weighted by Gasteiger charge is -2.07. The Bertz CT molecular complexity index is 500. The Morgan fingerprint density at radius 3 is 1.53 bits per heavy atom. The molecule has 0 heterocycles. The van der Waals surface area contributed by atoms with Gasteiger partial charge in [-0.3, -0.25) is 0 Å². The highest BCUT2D eigenvalue weighted by Gasteiger charge is 2.01. The Morgan fingerprint density at radius 2 is 1.18 bits per heavy atom. The van der Waals surface area contributed by atoms with E-state index in [1.54, 1.807) is 11.8 Å². The molecule has 4 N–H and O–H groups in total. The van der Waals surface area contributed by atoms with E-state index in [0.717, 1.165) is 32.3 Å². The molecule has 0 aliphatic carbocycles. The molecular formula is C14H16N2S. The second-order valence-electron chi connectivity index (χ2n) is 4.14. The average molecular weight is 244 g/mol. The summed E-state index contributed by atoms with van der Waals surface area (Å²) in [5.41, 5.74) is 15.7. The topological polar surface area (TPSA) is 52.0 Å². The molecule has 3 heteroatoms. The third kappa shape index (κ3) is 2.74. The highest BCUT2D eigenvalue weighted by atomic mass is 32.2. The van der Waals surface area contributed by atoms with E-state index in [9.17, 15) is 0 Å². The van der Waals surface area contributed by atoms with Crippen molar-refractivity contribution >= 4 is 23.1 Å². The summed E-state index contributed by atoms with van der Waals surface area (Å²) < 4.78 is 0. The largest absolute Gasteiger partial charge is 0.398 e. The minimum atomic E-state index is 0.829. The number of anilines is 2. The van der Waals surface area contributed by atoms with Crippen LogP contribution in [0.1, 0.15) is 11.1 Å². The van der Waals surface area contributed by atoms with Gasteiger partial charge in [0.05, 0.1) is 0 Å². The third-order valence-corrected chi connectivity index (χ3v) is 3.72. The maximum absolute atomic E-state index is 5.89. The molecule has 0 amide bonds. The van der Waals surface area contributed by atoms with Crippen LogP contribution in [0.5, 0.6) is 0 Å². The fraction of sp³-hybridized carbons (Fsp3) is 0.143. The fourth-order valence-corrected chi connectivity index (χ4v) is 2.42. The van der Waals surface area contributed by atoms with E-state index in [4.69, 9.17) is 11.5 Å². The predicted octanol–water partition coefficient (Wildman–Crippen LogP) is 3.62. The standard InChI is InChI=1S/C14H16N2S/c1-9-3-5-11(7-13(9)15)17-12-6-4-10(2)14(16)8-12/h3-8H,15-16H2,1-2H3. The molecule has 2 rings (SSSR count). The molecule has 0 aliphatic heterocycles. The smallest absolute Gasteiger partial charge is 0.0355 e. The molecule has 17 heavy (non-hydrogen) atoms. The number of hydrogen-bond donors (Lipinski definition) is 2. The number of benzene rings is 2. The van der Waals surface area contributed by atoms with Crippen molar-refractivity contribution in [3.8, 4) is 0 Å². The minimum absolute atomic E-state index is 0.829. The van der Waals surface area contributed by atoms with Gasteiger partial charge in [-0.15, -0.1) is 0 Å². The SMILES string of the molecule is Cc1ccc(Sc2ccc(C)c(N)c2)cc1N. The van der Waals surface area contributed by atoms with Gasteiger partial charge in [0.2, 0.25) is 0 Å². The highest BCUT2D eigenvalue weighted by Crippen LogP contribution is 2.31. The summed E-state index contributed by atoms with van der Waals surface area (Å²) in [6.07, 6.45) is 0. The second-order valence-corrected chi connectivity index (χ2v) is 5.29. The second kappa shape index (κ2) is 4.72. The molecule has 0 fully saturated rings. The molecule has 0 saturated heterocycles. The van der Waals surface area contributed by atoms with E-state index in [0.29, 0.717) is 0 Å². The number of rotatable bonds is 2. The molecule has 0 bridgehead atoms. The van der Waals surface area contributed by atoms with E-state index in [2.05, 4.69) is 12.1 Å². The summed E-state index contributed by atoms with van der Waals surface area (Å²) in [4.78, 5) is 2.27. The van der Waals surface area contributed by atoms with Gasteiger partial charge in [-0.25, -0.2) is 0 Å². The molecule has 0 spiro atoms. The van der Waals surface area contributed by atoms with Gasteiger partial charge in [-0.05, 0) is 49.2 Å². The first-order valence-corrected chi connectivity index (χ1v) is 6.28. The maximum atomic E-state index is 5.89. The van der Waals surface area contributed by atoms with Crippen LogP contribution in [-0.2, 0) is 0 Å². The van der Waals surface area contributed by atoms with Crippen LogP contribution in [0.2, 0.25) is 0 Å². The van der Waals surface area contributed by atoms with E-state index in [1.165, 1.54) is 0 Å². The van der Waals surface area contributed by atoms with Crippen LogP contribution in [0.15, 0.2) is 46.2 Å². The molecule has 2 aromatic carbocycles. The first kappa shape index (κ1) is 11.9. The Balaban J connectivity index is 2.25. The molecule has 2 aromatic rings. The van der Waals surface area contributed by atoms with Gasteiger partial charge in [-0.2, -0.15) is 0 Å². The zero-order chi connectivity index (χ0) is 12.4. The molecule has 0 aromatic heterocycles. The monoisotopic (exact) mass is 244 g/mol. The molecule has 0 unspecified atom stereocenters. The summed E-state index contributed by atoms with van der Waals surface area (Å²) in [5.74, 6) is 0. The van der Waals surface area contributed by atoms with Crippen molar-refractivity contribution in [3.63, 3.8) is 0 Å². The van der Waals surface area contributed by atoms with Gasteiger partial charge in [0, 0.05) is 21.2 Å². The average Bonchev–Trinajstić information content (AvgIpc) is 2.29. The van der Waals surface area contributed by atoms with Crippen LogP contribution in [0.4, 0.5) is 11.4 Å². The zero-order valence-corrected chi connectivity index (χ0v) is 10.8. The molecule has 0 saturated carbocycles. The maximum Gasteiger partial charge on any atom is 0.0355 e. The molecule has 0 radical (unpaired) electrons. The van der Waals surface area contributed by atoms with E-state index >= 15 is 0 Å². The van der Waals surface area contributed by atoms with Crippen molar-refractivity contribution in [3.05, 3.63) is 47.5 Å². The number of aryl methyl sites for hydroxylation is 2. The Morgan fingerprint density at radius 1 is 0.765 bits per heavy atom. The van der Waals surface area contributed by atoms with Crippen LogP contribution in [0, 0.1) is 13.8 Å². The van der Waals surface area contributed by atoms with Gasteiger partial charge >= 0.3 is 0 Å². The van der Waals surface area contributed by atoms with Crippen LogP contribution in [-0.4, -0.2) is 0 Å². The first-order valence-electron chi connectivity index (χ1n) is 5.46. The van der Waals surface area contributed by atoms with Crippen LogP contribution in [0.3, 0.4) is 0 Å². The van der Waals surface area contributed by atoms with Gasteiger partial charge in [0.25, 0.3) is 0 Å². The van der Waals surface area contributed by atoms with Gasteiger partial charge < -0.3 is 11.5 Å². The van der Waals surface area contributed by atoms with Gasteiger partial charge in [0.1, 0.15) is 0 Å². The highest BCUT2D eigenvalue weighted by molar-refractivity contribution is 7.99. The van der Waals surface area contributed by atoms with Crippen LogP contribution in [0.25, 0.3) is 0 Å². The molecule has 2 nitrogen and oxygen atoms in total. The van der Waals surface area contributed by atoms with E-state index in [-0.39, 0.29) is 0 Å². The molecule has 0 aliphatic rings. The van der Waals surface area contributed by atoms with Crippen molar-refractivity contribution in [2.24, 2.45) is 0 Å². The van der Waals surface area contributed by atoms with Crippen molar-refractivity contribution in [2.75, 3.05) is 11.5 Å². The minimum Gasteiger partial charge on any atom is -0.398 e. The quantitative estimate of drug-likeness (QED) is 0.793. The number of nitrogen functional groups attached to an aromatic ring is 2. The summed E-state index contributed by atoms with van der Waals surface area (Å²) in [6, 6.07) is 12.2. The number of nitrogens with two attached hydrogens (primary N) is 2.